The maximum atomic E-state index is 13.6. The Bertz CT molecular complexity index is 342. The lowest BCUT2D eigenvalue weighted by Crippen LogP contribution is -2.02. The summed E-state index contributed by atoms with van der Waals surface area (Å²) in [5.74, 6) is 0.410. The molecule has 0 radical (unpaired) electrons. The molecule has 0 atom stereocenters. The highest BCUT2D eigenvalue weighted by Gasteiger charge is 2.26. The van der Waals surface area contributed by atoms with Gasteiger partial charge in [0, 0.05) is 0 Å². The van der Waals surface area contributed by atoms with Crippen LogP contribution in [0.25, 0.3) is 0 Å². The fraction of sp³-hybridized carbons (Fsp3) is 0.538. The molecule has 1 aromatic carbocycles. The number of benzene rings is 1. The molecule has 1 aliphatic carbocycles. The first-order valence-corrected chi connectivity index (χ1v) is 5.56. The van der Waals surface area contributed by atoms with E-state index in [0.29, 0.717) is 12.5 Å². The number of hydrogen-bond donors (Lipinski definition) is 0. The summed E-state index contributed by atoms with van der Waals surface area (Å²) in [4.78, 5) is 0. The standard InChI is InChI=1S/C13H17FO/c1-9(2)15-8-10-3-6-12(11-4-5-11)13(14)7-10/h3,6-7,9,11H,4-5,8H2,1-2H3. The van der Waals surface area contributed by atoms with Crippen molar-refractivity contribution in [2.75, 3.05) is 0 Å². The third-order valence-corrected chi connectivity index (χ3v) is 2.67. The van der Waals surface area contributed by atoms with Gasteiger partial charge in [0.2, 0.25) is 0 Å². The predicted molar refractivity (Wildman–Crippen MR) is 58.3 cm³/mol. The van der Waals surface area contributed by atoms with Gasteiger partial charge >= 0.3 is 0 Å². The van der Waals surface area contributed by atoms with Crippen LogP contribution in [0, 0.1) is 5.82 Å². The van der Waals surface area contributed by atoms with Gasteiger partial charge in [-0.05, 0) is 49.8 Å². The first-order chi connectivity index (χ1) is 7.16. The van der Waals surface area contributed by atoms with Crippen molar-refractivity contribution in [3.8, 4) is 0 Å². The van der Waals surface area contributed by atoms with E-state index in [2.05, 4.69) is 0 Å². The highest BCUT2D eigenvalue weighted by Crippen LogP contribution is 2.41. The normalized spacial score (nSPS) is 16.0. The molecule has 0 N–H and O–H groups in total. The van der Waals surface area contributed by atoms with Gasteiger partial charge < -0.3 is 4.74 Å². The van der Waals surface area contributed by atoms with E-state index in [0.717, 1.165) is 24.0 Å². The number of hydrogen-bond acceptors (Lipinski definition) is 1. The van der Waals surface area contributed by atoms with Gasteiger partial charge in [-0.25, -0.2) is 4.39 Å². The van der Waals surface area contributed by atoms with Gasteiger partial charge in [0.15, 0.2) is 0 Å². The quantitative estimate of drug-likeness (QED) is 0.734. The first-order valence-electron chi connectivity index (χ1n) is 5.56. The SMILES string of the molecule is CC(C)OCc1ccc(C2CC2)c(F)c1. The van der Waals surface area contributed by atoms with Crippen molar-refractivity contribution in [3.05, 3.63) is 35.1 Å². The van der Waals surface area contributed by atoms with E-state index >= 15 is 0 Å². The van der Waals surface area contributed by atoms with Gasteiger partial charge in [-0.1, -0.05) is 12.1 Å². The maximum Gasteiger partial charge on any atom is 0.127 e. The van der Waals surface area contributed by atoms with Gasteiger partial charge in [0.1, 0.15) is 5.82 Å². The molecule has 0 amide bonds. The second kappa shape index (κ2) is 4.31. The minimum atomic E-state index is -0.0673. The third-order valence-electron chi connectivity index (χ3n) is 2.67. The predicted octanol–water partition coefficient (Wildman–Crippen LogP) is 3.63. The Kier molecular flexibility index (Phi) is 3.06. The molecule has 0 aromatic heterocycles. The average molecular weight is 208 g/mol. The molecule has 1 aliphatic rings. The van der Waals surface area contributed by atoms with Crippen LogP contribution < -0.4 is 0 Å². The van der Waals surface area contributed by atoms with Crippen LogP contribution in [-0.4, -0.2) is 6.10 Å². The Balaban J connectivity index is 2.04. The molecule has 0 bridgehead atoms. The smallest absolute Gasteiger partial charge is 0.127 e. The Morgan fingerprint density at radius 1 is 1.40 bits per heavy atom. The van der Waals surface area contributed by atoms with Crippen LogP contribution in [0.5, 0.6) is 0 Å². The van der Waals surface area contributed by atoms with E-state index in [4.69, 9.17) is 4.74 Å². The van der Waals surface area contributed by atoms with Crippen LogP contribution in [0.1, 0.15) is 43.7 Å². The topological polar surface area (TPSA) is 9.23 Å². The van der Waals surface area contributed by atoms with Crippen molar-refractivity contribution in [2.24, 2.45) is 0 Å². The lowest BCUT2D eigenvalue weighted by atomic mass is 10.1. The van der Waals surface area contributed by atoms with Gasteiger partial charge in [-0.15, -0.1) is 0 Å². The van der Waals surface area contributed by atoms with E-state index in [1.807, 2.05) is 26.0 Å². The van der Waals surface area contributed by atoms with Gasteiger partial charge in [-0.2, -0.15) is 0 Å². The summed E-state index contributed by atoms with van der Waals surface area (Å²) in [7, 11) is 0. The molecule has 2 heteroatoms. The van der Waals surface area contributed by atoms with E-state index in [1.165, 1.54) is 0 Å². The second-order valence-corrected chi connectivity index (χ2v) is 4.49. The zero-order valence-electron chi connectivity index (χ0n) is 9.29. The highest BCUT2D eigenvalue weighted by atomic mass is 19.1. The third kappa shape index (κ3) is 2.78. The molecule has 1 saturated carbocycles. The zero-order valence-corrected chi connectivity index (χ0v) is 9.29. The van der Waals surface area contributed by atoms with E-state index in [-0.39, 0.29) is 11.9 Å². The first kappa shape index (κ1) is 10.6. The van der Waals surface area contributed by atoms with Gasteiger partial charge in [0.25, 0.3) is 0 Å². The van der Waals surface area contributed by atoms with Crippen LogP contribution in [-0.2, 0) is 11.3 Å². The lowest BCUT2D eigenvalue weighted by molar-refractivity contribution is 0.0655. The summed E-state index contributed by atoms with van der Waals surface area (Å²) >= 11 is 0. The second-order valence-electron chi connectivity index (χ2n) is 4.49. The summed E-state index contributed by atoms with van der Waals surface area (Å²) < 4.78 is 19.0. The molecule has 15 heavy (non-hydrogen) atoms. The highest BCUT2D eigenvalue weighted by molar-refractivity contribution is 5.29. The van der Waals surface area contributed by atoms with Crippen LogP contribution >= 0.6 is 0 Å². The molecule has 1 nitrogen and oxygen atoms in total. The molecular weight excluding hydrogens is 191 g/mol. The van der Waals surface area contributed by atoms with Crippen molar-refractivity contribution in [1.82, 2.24) is 0 Å². The molecular formula is C13H17FO. The summed E-state index contributed by atoms with van der Waals surface area (Å²) in [6.45, 7) is 4.46. The summed E-state index contributed by atoms with van der Waals surface area (Å²) in [5, 5.41) is 0. The van der Waals surface area contributed by atoms with Crippen molar-refractivity contribution in [1.29, 1.82) is 0 Å². The summed E-state index contributed by atoms with van der Waals surface area (Å²) in [5.41, 5.74) is 1.80. The Hall–Kier alpha value is -0.890. The maximum absolute atomic E-state index is 13.6. The van der Waals surface area contributed by atoms with Crippen molar-refractivity contribution < 1.29 is 9.13 Å². The number of rotatable bonds is 4. The minimum Gasteiger partial charge on any atom is -0.374 e. The molecule has 82 valence electrons. The van der Waals surface area contributed by atoms with Gasteiger partial charge in [-0.3, -0.25) is 0 Å². The lowest BCUT2D eigenvalue weighted by Gasteiger charge is -2.08. The molecule has 1 aromatic rings. The van der Waals surface area contributed by atoms with Crippen LogP contribution in [0.4, 0.5) is 4.39 Å². The number of halogens is 1. The molecule has 1 fully saturated rings. The molecule has 0 aliphatic heterocycles. The summed E-state index contributed by atoms with van der Waals surface area (Å²) in [6.07, 6.45) is 2.47. The molecule has 0 unspecified atom stereocenters. The van der Waals surface area contributed by atoms with Gasteiger partial charge in [0.05, 0.1) is 12.7 Å². The summed E-state index contributed by atoms with van der Waals surface area (Å²) in [6, 6.07) is 5.49. The average Bonchev–Trinajstić information content (AvgIpc) is 2.98. The monoisotopic (exact) mass is 208 g/mol. The molecule has 2 rings (SSSR count). The van der Waals surface area contributed by atoms with E-state index < -0.39 is 0 Å². The molecule has 0 saturated heterocycles. The van der Waals surface area contributed by atoms with Crippen LogP contribution in [0.15, 0.2) is 18.2 Å². The fourth-order valence-corrected chi connectivity index (χ4v) is 1.65. The largest absolute Gasteiger partial charge is 0.374 e. The van der Waals surface area contributed by atoms with Crippen molar-refractivity contribution >= 4 is 0 Å². The molecule has 0 spiro atoms. The Labute approximate surface area is 90.3 Å². The van der Waals surface area contributed by atoms with E-state index in [1.54, 1.807) is 6.07 Å². The van der Waals surface area contributed by atoms with Crippen LogP contribution in [0.3, 0.4) is 0 Å². The Morgan fingerprint density at radius 2 is 2.13 bits per heavy atom. The Morgan fingerprint density at radius 3 is 2.67 bits per heavy atom. The van der Waals surface area contributed by atoms with Crippen molar-refractivity contribution in [3.63, 3.8) is 0 Å². The van der Waals surface area contributed by atoms with Crippen LogP contribution in [0.2, 0.25) is 0 Å². The minimum absolute atomic E-state index is 0.0673. The van der Waals surface area contributed by atoms with Crippen molar-refractivity contribution in [2.45, 2.75) is 45.3 Å². The van der Waals surface area contributed by atoms with E-state index in [9.17, 15) is 4.39 Å². The number of ether oxygens (including phenoxy) is 1. The fourth-order valence-electron chi connectivity index (χ4n) is 1.65. The molecule has 0 heterocycles. The zero-order chi connectivity index (χ0) is 10.8.